The second-order valence-electron chi connectivity index (χ2n) is 5.93. The van der Waals surface area contributed by atoms with E-state index < -0.39 is 12.0 Å². The van der Waals surface area contributed by atoms with Gasteiger partial charge in [-0.1, -0.05) is 26.2 Å². The third-order valence-electron chi connectivity index (χ3n) is 3.99. The van der Waals surface area contributed by atoms with Crippen LogP contribution in [-0.4, -0.2) is 23.6 Å². The molecule has 2 N–H and O–H groups in total. The van der Waals surface area contributed by atoms with Gasteiger partial charge >= 0.3 is 6.18 Å². The molecule has 0 unspecified atom stereocenters. The molecule has 2 rings (SSSR count). The monoisotopic (exact) mass is 302 g/mol. The van der Waals surface area contributed by atoms with E-state index in [9.17, 15) is 13.2 Å². The van der Waals surface area contributed by atoms with Gasteiger partial charge in [0.2, 0.25) is 5.82 Å². The average Bonchev–Trinajstić information content (AvgIpc) is 2.45. The lowest BCUT2D eigenvalue weighted by Crippen LogP contribution is -2.29. The largest absolute Gasteiger partial charge is 0.451 e. The normalized spacial score (nSPS) is 18.3. The van der Waals surface area contributed by atoms with Crippen molar-refractivity contribution in [3.63, 3.8) is 0 Å². The fraction of sp³-hybridized carbons (Fsp3) is 0.714. The van der Waals surface area contributed by atoms with Gasteiger partial charge in [-0.2, -0.15) is 13.2 Å². The molecular weight excluding hydrogens is 281 g/mol. The Bertz CT molecular complexity index is 482. The molecule has 1 aromatic rings. The van der Waals surface area contributed by atoms with E-state index in [1.807, 2.05) is 0 Å². The van der Waals surface area contributed by atoms with Crippen LogP contribution < -0.4 is 10.6 Å². The zero-order valence-corrected chi connectivity index (χ0v) is 12.3. The minimum Gasteiger partial charge on any atom is -0.373 e. The van der Waals surface area contributed by atoms with Crippen LogP contribution in [0.15, 0.2) is 6.07 Å². The molecule has 0 aromatic carbocycles. The molecule has 1 aliphatic rings. The molecule has 0 radical (unpaired) electrons. The van der Waals surface area contributed by atoms with Crippen molar-refractivity contribution in [3.05, 3.63) is 11.9 Å². The lowest BCUT2D eigenvalue weighted by atomic mass is 9.76. The number of halogens is 3. The molecule has 0 amide bonds. The predicted molar refractivity (Wildman–Crippen MR) is 76.3 cm³/mol. The molecule has 0 aliphatic heterocycles. The molecule has 4 nitrogen and oxygen atoms in total. The Morgan fingerprint density at radius 2 is 1.76 bits per heavy atom. The number of nitrogens with one attached hydrogen (secondary N) is 2. The van der Waals surface area contributed by atoms with Crippen molar-refractivity contribution in [2.45, 2.75) is 45.2 Å². The Hall–Kier alpha value is -1.53. The maximum absolute atomic E-state index is 12.8. The van der Waals surface area contributed by atoms with Crippen molar-refractivity contribution in [2.75, 3.05) is 24.2 Å². The minimum atomic E-state index is -4.54. The van der Waals surface area contributed by atoms with E-state index in [0.717, 1.165) is 12.8 Å². The average molecular weight is 302 g/mol. The molecule has 1 aliphatic carbocycles. The zero-order chi connectivity index (χ0) is 15.5. The summed E-state index contributed by atoms with van der Waals surface area (Å²) in [6, 6.07) is 1.50. The van der Waals surface area contributed by atoms with Crippen LogP contribution in [-0.2, 0) is 6.18 Å². The van der Waals surface area contributed by atoms with E-state index >= 15 is 0 Å². The molecular formula is C14H21F3N4. The van der Waals surface area contributed by atoms with Crippen molar-refractivity contribution in [3.8, 4) is 0 Å². The molecule has 0 saturated heterocycles. The summed E-state index contributed by atoms with van der Waals surface area (Å²) in [5.41, 5.74) is 0.126. The molecule has 0 atom stereocenters. The van der Waals surface area contributed by atoms with E-state index in [1.54, 1.807) is 0 Å². The Morgan fingerprint density at radius 1 is 1.14 bits per heavy atom. The van der Waals surface area contributed by atoms with Crippen LogP contribution in [0.2, 0.25) is 0 Å². The maximum Gasteiger partial charge on any atom is 0.451 e. The summed E-state index contributed by atoms with van der Waals surface area (Å²) in [4.78, 5) is 7.03. The van der Waals surface area contributed by atoms with Crippen LogP contribution in [0.4, 0.5) is 24.8 Å². The number of anilines is 2. The first kappa shape index (κ1) is 15.9. The Labute approximate surface area is 122 Å². The van der Waals surface area contributed by atoms with E-state index in [4.69, 9.17) is 0 Å². The SMILES string of the molecule is CNc1cc(NCC2(C)CCCCC2)nc(C(F)(F)F)n1. The van der Waals surface area contributed by atoms with Crippen molar-refractivity contribution in [1.29, 1.82) is 0 Å². The van der Waals surface area contributed by atoms with Crippen LogP contribution >= 0.6 is 0 Å². The molecule has 1 fully saturated rings. The zero-order valence-electron chi connectivity index (χ0n) is 12.3. The lowest BCUT2D eigenvalue weighted by Gasteiger charge is -2.33. The smallest absolute Gasteiger partial charge is 0.373 e. The standard InChI is InChI=1S/C14H21F3N4/c1-13(6-4-3-5-7-13)9-19-11-8-10(18-2)20-12(21-11)14(15,16)17/h8H,3-7,9H2,1-2H3,(H2,18,19,20,21). The molecule has 1 aromatic heterocycles. The topological polar surface area (TPSA) is 49.8 Å². The molecule has 1 heterocycles. The molecule has 21 heavy (non-hydrogen) atoms. The van der Waals surface area contributed by atoms with Gasteiger partial charge in [-0.05, 0) is 18.3 Å². The number of alkyl halides is 3. The minimum absolute atomic E-state index is 0.126. The predicted octanol–water partition coefficient (Wildman–Crippen LogP) is 3.92. The first-order valence-electron chi connectivity index (χ1n) is 7.20. The fourth-order valence-corrected chi connectivity index (χ4v) is 2.68. The summed E-state index contributed by atoms with van der Waals surface area (Å²) in [6.07, 6.45) is 1.24. The summed E-state index contributed by atoms with van der Waals surface area (Å²) in [5.74, 6) is -0.743. The summed E-state index contributed by atoms with van der Waals surface area (Å²) in [6.45, 7) is 2.80. The number of rotatable bonds is 4. The molecule has 0 spiro atoms. The third-order valence-corrected chi connectivity index (χ3v) is 3.99. The van der Waals surface area contributed by atoms with Gasteiger partial charge < -0.3 is 10.6 Å². The number of nitrogens with zero attached hydrogens (tertiary/aromatic N) is 2. The summed E-state index contributed by atoms with van der Waals surface area (Å²) in [5, 5.41) is 5.69. The van der Waals surface area contributed by atoms with Crippen LogP contribution in [0, 0.1) is 5.41 Å². The van der Waals surface area contributed by atoms with Gasteiger partial charge in [-0.25, -0.2) is 9.97 Å². The van der Waals surface area contributed by atoms with Gasteiger partial charge in [0.05, 0.1) is 0 Å². The second kappa shape index (κ2) is 6.07. The van der Waals surface area contributed by atoms with Crippen molar-refractivity contribution in [2.24, 2.45) is 5.41 Å². The maximum atomic E-state index is 12.8. The van der Waals surface area contributed by atoms with Crippen molar-refractivity contribution in [1.82, 2.24) is 9.97 Å². The quantitative estimate of drug-likeness (QED) is 0.885. The van der Waals surface area contributed by atoms with Crippen LogP contribution in [0.25, 0.3) is 0 Å². The highest BCUT2D eigenvalue weighted by Crippen LogP contribution is 2.36. The van der Waals surface area contributed by atoms with Gasteiger partial charge in [0.1, 0.15) is 11.6 Å². The van der Waals surface area contributed by atoms with Crippen molar-refractivity contribution < 1.29 is 13.2 Å². The van der Waals surface area contributed by atoms with Gasteiger partial charge in [0.25, 0.3) is 0 Å². The molecule has 118 valence electrons. The highest BCUT2D eigenvalue weighted by molar-refractivity contribution is 5.47. The van der Waals surface area contributed by atoms with E-state index in [1.165, 1.54) is 32.4 Å². The Kier molecular flexibility index (Phi) is 4.58. The van der Waals surface area contributed by atoms with Crippen molar-refractivity contribution >= 4 is 11.6 Å². The first-order chi connectivity index (χ1) is 9.82. The molecule has 7 heteroatoms. The highest BCUT2D eigenvalue weighted by atomic mass is 19.4. The lowest BCUT2D eigenvalue weighted by molar-refractivity contribution is -0.144. The third kappa shape index (κ3) is 4.22. The fourth-order valence-electron chi connectivity index (χ4n) is 2.68. The number of hydrogen-bond donors (Lipinski definition) is 2. The van der Waals surface area contributed by atoms with Gasteiger partial charge in [0, 0.05) is 19.7 Å². The highest BCUT2D eigenvalue weighted by Gasteiger charge is 2.35. The summed E-state index contributed by atoms with van der Waals surface area (Å²) in [7, 11) is 1.54. The Morgan fingerprint density at radius 3 is 2.33 bits per heavy atom. The summed E-state index contributed by atoms with van der Waals surface area (Å²) >= 11 is 0. The summed E-state index contributed by atoms with van der Waals surface area (Å²) < 4.78 is 38.3. The second-order valence-corrected chi connectivity index (χ2v) is 5.93. The van der Waals surface area contributed by atoms with Gasteiger partial charge in [0.15, 0.2) is 0 Å². The van der Waals surface area contributed by atoms with E-state index in [2.05, 4.69) is 27.5 Å². The van der Waals surface area contributed by atoms with Crippen LogP contribution in [0.5, 0.6) is 0 Å². The van der Waals surface area contributed by atoms with E-state index in [-0.39, 0.29) is 17.1 Å². The van der Waals surface area contributed by atoms with Gasteiger partial charge in [-0.15, -0.1) is 0 Å². The Balaban J connectivity index is 2.12. The van der Waals surface area contributed by atoms with Gasteiger partial charge in [-0.3, -0.25) is 0 Å². The van der Waals surface area contributed by atoms with Crippen LogP contribution in [0.3, 0.4) is 0 Å². The molecule has 1 saturated carbocycles. The van der Waals surface area contributed by atoms with E-state index in [0.29, 0.717) is 6.54 Å². The first-order valence-corrected chi connectivity index (χ1v) is 7.20. The number of hydrogen-bond acceptors (Lipinski definition) is 4. The molecule has 0 bridgehead atoms. The van der Waals surface area contributed by atoms with Crippen LogP contribution in [0.1, 0.15) is 44.9 Å². The number of aromatic nitrogens is 2.